The largest absolute Gasteiger partial charge is 0.507 e. The second-order valence-corrected chi connectivity index (χ2v) is 4.37. The Labute approximate surface area is 101 Å². The van der Waals surface area contributed by atoms with Crippen LogP contribution in [0.4, 0.5) is 0 Å². The van der Waals surface area contributed by atoms with Gasteiger partial charge in [-0.25, -0.2) is 0 Å². The number of benzene rings is 1. The van der Waals surface area contributed by atoms with Crippen molar-refractivity contribution in [2.45, 2.75) is 18.9 Å². The second kappa shape index (κ2) is 5.38. The lowest BCUT2D eigenvalue weighted by atomic mass is 9.87. The van der Waals surface area contributed by atoms with Crippen LogP contribution in [0.25, 0.3) is 0 Å². The van der Waals surface area contributed by atoms with Gasteiger partial charge in [-0.2, -0.15) is 0 Å². The first kappa shape index (κ1) is 12.2. The zero-order valence-corrected chi connectivity index (χ0v) is 10.1. The number of ether oxygens (including phenoxy) is 2. The number of rotatable bonds is 3. The van der Waals surface area contributed by atoms with Gasteiger partial charge in [0.25, 0.3) is 0 Å². The Hall–Kier alpha value is -1.26. The van der Waals surface area contributed by atoms with Crippen molar-refractivity contribution in [1.29, 1.82) is 0 Å². The third kappa shape index (κ3) is 2.53. The SMILES string of the molecule is COc1cccc(O)c1[C@H](N)C1CCOCC1. The van der Waals surface area contributed by atoms with Crippen molar-refractivity contribution in [1.82, 2.24) is 0 Å². The summed E-state index contributed by atoms with van der Waals surface area (Å²) in [6, 6.07) is 5.04. The third-order valence-corrected chi connectivity index (χ3v) is 3.37. The molecule has 3 N–H and O–H groups in total. The van der Waals surface area contributed by atoms with E-state index in [4.69, 9.17) is 15.2 Å². The number of hydrogen-bond acceptors (Lipinski definition) is 4. The van der Waals surface area contributed by atoms with E-state index in [0.29, 0.717) is 17.2 Å². The summed E-state index contributed by atoms with van der Waals surface area (Å²) in [4.78, 5) is 0. The van der Waals surface area contributed by atoms with Crippen LogP contribution in [0.3, 0.4) is 0 Å². The van der Waals surface area contributed by atoms with Crippen molar-refractivity contribution in [3.63, 3.8) is 0 Å². The Morgan fingerprint density at radius 2 is 2.12 bits per heavy atom. The molecule has 0 radical (unpaired) electrons. The molecule has 1 aliphatic heterocycles. The van der Waals surface area contributed by atoms with Crippen LogP contribution in [-0.2, 0) is 4.74 Å². The van der Waals surface area contributed by atoms with Gasteiger partial charge in [0.05, 0.1) is 12.7 Å². The molecule has 0 aliphatic carbocycles. The number of nitrogens with two attached hydrogens (primary N) is 1. The van der Waals surface area contributed by atoms with Crippen LogP contribution >= 0.6 is 0 Å². The smallest absolute Gasteiger partial charge is 0.127 e. The lowest BCUT2D eigenvalue weighted by Gasteiger charge is -2.29. The van der Waals surface area contributed by atoms with Crippen LogP contribution in [0.1, 0.15) is 24.4 Å². The minimum absolute atomic E-state index is 0.199. The van der Waals surface area contributed by atoms with Gasteiger partial charge >= 0.3 is 0 Å². The molecule has 0 unspecified atom stereocenters. The first-order valence-corrected chi connectivity index (χ1v) is 5.93. The molecule has 1 saturated heterocycles. The standard InChI is InChI=1S/C13H19NO3/c1-16-11-4-2-3-10(15)12(11)13(14)9-5-7-17-8-6-9/h2-4,9,13,15H,5-8,14H2,1H3/t13-/m1/s1. The van der Waals surface area contributed by atoms with Crippen LogP contribution in [0, 0.1) is 5.92 Å². The minimum atomic E-state index is -0.199. The van der Waals surface area contributed by atoms with E-state index in [1.54, 1.807) is 19.2 Å². The Morgan fingerprint density at radius 1 is 1.41 bits per heavy atom. The predicted octanol–water partition coefficient (Wildman–Crippen LogP) is 1.83. The summed E-state index contributed by atoms with van der Waals surface area (Å²) in [6.45, 7) is 1.49. The molecular weight excluding hydrogens is 218 g/mol. The topological polar surface area (TPSA) is 64.7 Å². The highest BCUT2D eigenvalue weighted by Crippen LogP contribution is 2.38. The fraction of sp³-hybridized carbons (Fsp3) is 0.538. The van der Waals surface area contributed by atoms with Crippen LogP contribution in [0.2, 0.25) is 0 Å². The van der Waals surface area contributed by atoms with Crippen molar-refractivity contribution in [3.05, 3.63) is 23.8 Å². The van der Waals surface area contributed by atoms with E-state index in [1.807, 2.05) is 6.07 Å². The molecule has 0 aromatic heterocycles. The molecule has 0 saturated carbocycles. The number of aromatic hydroxyl groups is 1. The number of phenols is 1. The molecule has 1 aromatic rings. The van der Waals surface area contributed by atoms with Crippen LogP contribution in [0.5, 0.6) is 11.5 Å². The summed E-state index contributed by atoms with van der Waals surface area (Å²) in [5.41, 5.74) is 6.96. The Morgan fingerprint density at radius 3 is 2.76 bits per heavy atom. The molecule has 94 valence electrons. The average molecular weight is 237 g/mol. The predicted molar refractivity (Wildman–Crippen MR) is 65.1 cm³/mol. The van der Waals surface area contributed by atoms with E-state index in [0.717, 1.165) is 26.1 Å². The second-order valence-electron chi connectivity index (χ2n) is 4.37. The van der Waals surface area contributed by atoms with Crippen LogP contribution in [0.15, 0.2) is 18.2 Å². The van der Waals surface area contributed by atoms with Crippen LogP contribution in [-0.4, -0.2) is 25.4 Å². The molecule has 4 nitrogen and oxygen atoms in total. The molecule has 2 rings (SSSR count). The molecule has 1 atom stereocenters. The molecule has 0 spiro atoms. The highest BCUT2D eigenvalue weighted by molar-refractivity contribution is 5.46. The maximum atomic E-state index is 9.93. The Balaban J connectivity index is 2.25. The van der Waals surface area contributed by atoms with Gasteiger partial charge in [0.15, 0.2) is 0 Å². The van der Waals surface area contributed by atoms with Crippen molar-refractivity contribution in [2.24, 2.45) is 11.7 Å². The zero-order chi connectivity index (χ0) is 12.3. The fourth-order valence-electron chi connectivity index (χ4n) is 2.36. The summed E-state index contributed by atoms with van der Waals surface area (Å²) in [5.74, 6) is 1.21. The monoisotopic (exact) mass is 237 g/mol. The highest BCUT2D eigenvalue weighted by Gasteiger charge is 2.26. The van der Waals surface area contributed by atoms with Crippen LogP contribution < -0.4 is 10.5 Å². The maximum Gasteiger partial charge on any atom is 0.127 e. The number of hydrogen-bond donors (Lipinski definition) is 2. The highest BCUT2D eigenvalue weighted by atomic mass is 16.5. The van der Waals surface area contributed by atoms with Gasteiger partial charge in [0.2, 0.25) is 0 Å². The molecule has 1 aromatic carbocycles. The van der Waals surface area contributed by atoms with Crippen molar-refractivity contribution in [3.8, 4) is 11.5 Å². The lowest BCUT2D eigenvalue weighted by molar-refractivity contribution is 0.0578. The summed E-state index contributed by atoms with van der Waals surface area (Å²) in [5, 5.41) is 9.93. The average Bonchev–Trinajstić information content (AvgIpc) is 2.38. The molecule has 1 fully saturated rings. The Bertz CT molecular complexity index is 375. The van der Waals surface area contributed by atoms with Crippen molar-refractivity contribution >= 4 is 0 Å². The molecule has 17 heavy (non-hydrogen) atoms. The van der Waals surface area contributed by atoms with E-state index >= 15 is 0 Å². The normalized spacial score (nSPS) is 18.9. The van der Waals surface area contributed by atoms with Gasteiger partial charge in [-0.3, -0.25) is 0 Å². The molecule has 1 heterocycles. The van der Waals surface area contributed by atoms with E-state index in [-0.39, 0.29) is 11.8 Å². The van der Waals surface area contributed by atoms with Gasteiger partial charge < -0.3 is 20.3 Å². The van der Waals surface area contributed by atoms with E-state index in [2.05, 4.69) is 0 Å². The summed E-state index contributed by atoms with van der Waals surface area (Å²) in [6.07, 6.45) is 1.86. The molecule has 4 heteroatoms. The third-order valence-electron chi connectivity index (χ3n) is 3.37. The van der Waals surface area contributed by atoms with Gasteiger partial charge in [-0.15, -0.1) is 0 Å². The number of methoxy groups -OCH3 is 1. The fourth-order valence-corrected chi connectivity index (χ4v) is 2.36. The van der Waals surface area contributed by atoms with E-state index < -0.39 is 0 Å². The molecule has 1 aliphatic rings. The van der Waals surface area contributed by atoms with E-state index in [1.165, 1.54) is 0 Å². The first-order valence-electron chi connectivity index (χ1n) is 5.93. The van der Waals surface area contributed by atoms with Crippen molar-refractivity contribution < 1.29 is 14.6 Å². The number of phenolic OH excluding ortho intramolecular Hbond substituents is 1. The van der Waals surface area contributed by atoms with E-state index in [9.17, 15) is 5.11 Å². The molecule has 0 amide bonds. The molecule has 0 bridgehead atoms. The van der Waals surface area contributed by atoms with Gasteiger partial charge in [-0.05, 0) is 30.9 Å². The summed E-state index contributed by atoms with van der Waals surface area (Å²) < 4.78 is 10.6. The van der Waals surface area contributed by atoms with Gasteiger partial charge in [-0.1, -0.05) is 6.07 Å². The van der Waals surface area contributed by atoms with Crippen molar-refractivity contribution in [2.75, 3.05) is 20.3 Å². The summed E-state index contributed by atoms with van der Waals surface area (Å²) >= 11 is 0. The van der Waals surface area contributed by atoms with Gasteiger partial charge in [0, 0.05) is 19.3 Å². The minimum Gasteiger partial charge on any atom is -0.507 e. The summed E-state index contributed by atoms with van der Waals surface area (Å²) in [7, 11) is 1.59. The zero-order valence-electron chi connectivity index (χ0n) is 10.1. The maximum absolute atomic E-state index is 9.93. The quantitative estimate of drug-likeness (QED) is 0.841. The Kier molecular flexibility index (Phi) is 3.86. The molecular formula is C13H19NO3. The lowest BCUT2D eigenvalue weighted by Crippen LogP contribution is -2.27. The first-order chi connectivity index (χ1) is 8.24. The van der Waals surface area contributed by atoms with Gasteiger partial charge in [0.1, 0.15) is 11.5 Å².